The number of aromatic nitrogens is 2. The van der Waals surface area contributed by atoms with Gasteiger partial charge >= 0.3 is 0 Å². The Morgan fingerprint density at radius 2 is 1.79 bits per heavy atom. The zero-order valence-corrected chi connectivity index (χ0v) is 15.3. The number of fused-ring (bicyclic) bond motifs is 1. The standard InChI is InChI=1S/C22H19N3O3/c1-14-24-25-22(28-14)19-9-5-4-8-18(19)21(27)23-13-20(26)17-11-10-15-6-2-3-7-16(15)12-17/h2-12,20,26H,13H2,1H3,(H,23,27). The maximum Gasteiger partial charge on any atom is 0.252 e. The van der Waals surface area contributed by atoms with Crippen LogP contribution in [0.5, 0.6) is 0 Å². The Balaban J connectivity index is 1.50. The lowest BCUT2D eigenvalue weighted by Crippen LogP contribution is -2.28. The van der Waals surface area contributed by atoms with E-state index in [0.29, 0.717) is 22.9 Å². The van der Waals surface area contributed by atoms with Crippen molar-refractivity contribution in [1.29, 1.82) is 0 Å². The van der Waals surface area contributed by atoms with Crippen molar-refractivity contribution in [1.82, 2.24) is 15.5 Å². The van der Waals surface area contributed by atoms with Gasteiger partial charge in [-0.3, -0.25) is 4.79 Å². The van der Waals surface area contributed by atoms with Gasteiger partial charge in [-0.15, -0.1) is 10.2 Å². The third-order valence-corrected chi connectivity index (χ3v) is 4.54. The summed E-state index contributed by atoms with van der Waals surface area (Å²) in [5.41, 5.74) is 1.72. The molecule has 2 N–H and O–H groups in total. The summed E-state index contributed by atoms with van der Waals surface area (Å²) in [6.07, 6.45) is -0.814. The van der Waals surface area contributed by atoms with Gasteiger partial charge in [-0.25, -0.2) is 0 Å². The molecule has 6 heteroatoms. The van der Waals surface area contributed by atoms with Crippen LogP contribution >= 0.6 is 0 Å². The number of nitrogens with one attached hydrogen (secondary N) is 1. The zero-order chi connectivity index (χ0) is 19.5. The molecule has 0 bridgehead atoms. The average molecular weight is 373 g/mol. The fourth-order valence-corrected chi connectivity index (χ4v) is 3.09. The average Bonchev–Trinajstić information content (AvgIpc) is 3.17. The second-order valence-electron chi connectivity index (χ2n) is 6.50. The first-order valence-corrected chi connectivity index (χ1v) is 8.96. The summed E-state index contributed by atoms with van der Waals surface area (Å²) in [5.74, 6) is 0.404. The normalized spacial score (nSPS) is 12.1. The van der Waals surface area contributed by atoms with Crippen LogP contribution in [0.1, 0.15) is 27.9 Å². The van der Waals surface area contributed by atoms with Crippen molar-refractivity contribution in [2.45, 2.75) is 13.0 Å². The van der Waals surface area contributed by atoms with E-state index in [1.54, 1.807) is 31.2 Å². The van der Waals surface area contributed by atoms with Crippen LogP contribution < -0.4 is 5.32 Å². The number of aliphatic hydroxyl groups excluding tert-OH is 1. The maximum atomic E-state index is 12.7. The Bertz CT molecular complexity index is 1140. The molecule has 0 aliphatic carbocycles. The molecule has 6 nitrogen and oxygen atoms in total. The van der Waals surface area contributed by atoms with Crippen LogP contribution in [0.3, 0.4) is 0 Å². The second kappa shape index (κ2) is 7.62. The molecule has 0 aliphatic heterocycles. The van der Waals surface area contributed by atoms with E-state index < -0.39 is 6.10 Å². The first kappa shape index (κ1) is 17.9. The third-order valence-electron chi connectivity index (χ3n) is 4.54. The highest BCUT2D eigenvalue weighted by Gasteiger charge is 2.17. The van der Waals surface area contributed by atoms with Crippen molar-refractivity contribution >= 4 is 16.7 Å². The van der Waals surface area contributed by atoms with E-state index in [2.05, 4.69) is 15.5 Å². The van der Waals surface area contributed by atoms with E-state index in [-0.39, 0.29) is 12.5 Å². The number of carbonyl (C=O) groups is 1. The fourth-order valence-electron chi connectivity index (χ4n) is 3.09. The number of aliphatic hydroxyl groups is 1. The Morgan fingerprint density at radius 1 is 1.04 bits per heavy atom. The molecule has 1 amide bonds. The molecule has 3 aromatic carbocycles. The minimum absolute atomic E-state index is 0.0916. The van der Waals surface area contributed by atoms with Crippen molar-refractivity contribution < 1.29 is 14.3 Å². The summed E-state index contributed by atoms with van der Waals surface area (Å²) in [7, 11) is 0. The molecule has 0 saturated heterocycles. The Kier molecular flexibility index (Phi) is 4.87. The van der Waals surface area contributed by atoms with E-state index in [1.165, 1.54) is 0 Å². The highest BCUT2D eigenvalue weighted by atomic mass is 16.4. The van der Waals surface area contributed by atoms with Crippen LogP contribution in [0, 0.1) is 6.92 Å². The third kappa shape index (κ3) is 3.63. The van der Waals surface area contributed by atoms with Crippen molar-refractivity contribution in [3.05, 3.63) is 83.7 Å². The van der Waals surface area contributed by atoms with Crippen LogP contribution in [-0.2, 0) is 0 Å². The van der Waals surface area contributed by atoms with Crippen molar-refractivity contribution in [2.24, 2.45) is 0 Å². The summed E-state index contributed by atoms with van der Waals surface area (Å²) in [6, 6.07) is 20.7. The molecule has 0 aliphatic rings. The van der Waals surface area contributed by atoms with Gasteiger partial charge in [0.2, 0.25) is 11.8 Å². The van der Waals surface area contributed by atoms with Crippen molar-refractivity contribution in [3.63, 3.8) is 0 Å². The Hall–Kier alpha value is -3.51. The molecule has 28 heavy (non-hydrogen) atoms. The van der Waals surface area contributed by atoms with E-state index in [1.807, 2.05) is 42.5 Å². The topological polar surface area (TPSA) is 88.2 Å². The van der Waals surface area contributed by atoms with Gasteiger partial charge in [0.1, 0.15) is 0 Å². The van der Waals surface area contributed by atoms with Crippen molar-refractivity contribution in [2.75, 3.05) is 6.54 Å². The van der Waals surface area contributed by atoms with Gasteiger partial charge < -0.3 is 14.8 Å². The minimum atomic E-state index is -0.814. The molecule has 0 radical (unpaired) electrons. The first-order valence-electron chi connectivity index (χ1n) is 8.96. The molecule has 0 spiro atoms. The van der Waals surface area contributed by atoms with Crippen LogP contribution in [0.25, 0.3) is 22.2 Å². The van der Waals surface area contributed by atoms with Gasteiger partial charge in [-0.2, -0.15) is 0 Å². The largest absolute Gasteiger partial charge is 0.421 e. The summed E-state index contributed by atoms with van der Waals surface area (Å²) >= 11 is 0. The van der Waals surface area contributed by atoms with E-state index in [9.17, 15) is 9.90 Å². The van der Waals surface area contributed by atoms with Gasteiger partial charge in [-0.05, 0) is 34.5 Å². The lowest BCUT2D eigenvalue weighted by atomic mass is 10.0. The number of rotatable bonds is 5. The number of amides is 1. The molecule has 0 fully saturated rings. The molecule has 1 heterocycles. The van der Waals surface area contributed by atoms with Crippen LogP contribution in [-0.4, -0.2) is 27.8 Å². The summed E-state index contributed by atoms with van der Waals surface area (Å²) in [6.45, 7) is 1.79. The molecule has 0 saturated carbocycles. The SMILES string of the molecule is Cc1nnc(-c2ccccc2C(=O)NCC(O)c2ccc3ccccc3c2)o1. The fraction of sp³-hybridized carbons (Fsp3) is 0.136. The highest BCUT2D eigenvalue weighted by molar-refractivity contribution is 6.00. The zero-order valence-electron chi connectivity index (χ0n) is 15.3. The summed E-state index contributed by atoms with van der Waals surface area (Å²) < 4.78 is 5.44. The molecule has 4 rings (SSSR count). The van der Waals surface area contributed by atoms with Crippen molar-refractivity contribution in [3.8, 4) is 11.5 Å². The molecule has 140 valence electrons. The number of hydrogen-bond donors (Lipinski definition) is 2. The number of benzene rings is 3. The van der Waals surface area contributed by atoms with E-state index in [4.69, 9.17) is 4.42 Å². The van der Waals surface area contributed by atoms with Crippen LogP contribution in [0.2, 0.25) is 0 Å². The summed E-state index contributed by atoms with van der Waals surface area (Å²) in [5, 5.41) is 23.2. The smallest absolute Gasteiger partial charge is 0.252 e. The predicted molar refractivity (Wildman–Crippen MR) is 106 cm³/mol. The van der Waals surface area contributed by atoms with E-state index >= 15 is 0 Å². The van der Waals surface area contributed by atoms with Gasteiger partial charge in [0.05, 0.1) is 17.2 Å². The predicted octanol–water partition coefficient (Wildman–Crippen LogP) is 3.66. The van der Waals surface area contributed by atoms with E-state index in [0.717, 1.165) is 16.3 Å². The quantitative estimate of drug-likeness (QED) is 0.557. The first-order chi connectivity index (χ1) is 13.6. The molecular formula is C22H19N3O3. The maximum absolute atomic E-state index is 12.7. The number of aryl methyl sites for hydroxylation is 1. The second-order valence-corrected chi connectivity index (χ2v) is 6.50. The number of carbonyl (C=O) groups excluding carboxylic acids is 1. The minimum Gasteiger partial charge on any atom is -0.421 e. The van der Waals surface area contributed by atoms with Crippen LogP contribution in [0.15, 0.2) is 71.1 Å². The molecule has 4 aromatic rings. The number of hydrogen-bond acceptors (Lipinski definition) is 5. The lowest BCUT2D eigenvalue weighted by Gasteiger charge is -2.14. The molecule has 1 unspecified atom stereocenters. The lowest BCUT2D eigenvalue weighted by molar-refractivity contribution is 0.0917. The Labute approximate surface area is 161 Å². The number of nitrogens with zero attached hydrogens (tertiary/aromatic N) is 2. The molecular weight excluding hydrogens is 354 g/mol. The molecule has 1 atom stereocenters. The van der Waals surface area contributed by atoms with Gasteiger partial charge in [0, 0.05) is 13.5 Å². The highest BCUT2D eigenvalue weighted by Crippen LogP contribution is 2.23. The summed E-state index contributed by atoms with van der Waals surface area (Å²) in [4.78, 5) is 12.7. The van der Waals surface area contributed by atoms with Gasteiger partial charge in [-0.1, -0.05) is 48.5 Å². The van der Waals surface area contributed by atoms with Gasteiger partial charge in [0.15, 0.2) is 0 Å². The Morgan fingerprint density at radius 3 is 2.57 bits per heavy atom. The van der Waals surface area contributed by atoms with Crippen LogP contribution in [0.4, 0.5) is 0 Å². The molecule has 1 aromatic heterocycles. The van der Waals surface area contributed by atoms with Gasteiger partial charge in [0.25, 0.3) is 5.91 Å². The monoisotopic (exact) mass is 373 g/mol.